The lowest BCUT2D eigenvalue weighted by Gasteiger charge is -2.26. The molecule has 1 atom stereocenters. The van der Waals surface area contributed by atoms with Gasteiger partial charge in [0.2, 0.25) is 0 Å². The van der Waals surface area contributed by atoms with Crippen molar-refractivity contribution in [2.75, 3.05) is 27.7 Å². The van der Waals surface area contributed by atoms with E-state index in [-0.39, 0.29) is 6.10 Å². The fourth-order valence-electron chi connectivity index (χ4n) is 1.92. The number of unbranched alkanes of at least 4 members (excludes halogenated alkanes) is 1. The average Bonchev–Trinajstić information content (AvgIpc) is 2.45. The molecule has 0 saturated heterocycles. The molecule has 124 valence electrons. The molecule has 1 aromatic heterocycles. The Kier molecular flexibility index (Phi) is 10.1. The van der Waals surface area contributed by atoms with Crippen LogP contribution in [0.1, 0.15) is 38.7 Å². The number of hydrogen-bond donors (Lipinski definition) is 1. The fourth-order valence-corrected chi connectivity index (χ4v) is 1.92. The predicted octanol–water partition coefficient (Wildman–Crippen LogP) is 3.22. The number of hydrogen-bond acceptors (Lipinski definition) is 4. The van der Waals surface area contributed by atoms with Crippen LogP contribution in [0.2, 0.25) is 0 Å². The quantitative estimate of drug-likeness (QED) is 0.362. The van der Waals surface area contributed by atoms with E-state index < -0.39 is 0 Å². The molecule has 1 N–H and O–H groups in total. The highest BCUT2D eigenvalue weighted by Crippen LogP contribution is 2.13. The minimum Gasteiger partial charge on any atom is -0.387 e. The summed E-state index contributed by atoms with van der Waals surface area (Å²) in [7, 11) is 6.32. The average molecular weight is 309 g/mol. The minimum absolute atomic E-state index is 0.116. The van der Waals surface area contributed by atoms with Crippen molar-refractivity contribution in [3.63, 3.8) is 0 Å². The van der Waals surface area contributed by atoms with Gasteiger partial charge in [0.15, 0.2) is 5.82 Å². The number of aliphatic hydroxyl groups excluding tert-OH is 1. The number of azide groups is 1. The van der Waals surface area contributed by atoms with Crippen molar-refractivity contribution in [3.05, 3.63) is 28.3 Å². The van der Waals surface area contributed by atoms with Gasteiger partial charge in [-0.25, -0.2) is 0 Å². The lowest BCUT2D eigenvalue weighted by atomic mass is 10.1. The van der Waals surface area contributed by atoms with Gasteiger partial charge in [0, 0.05) is 11.1 Å². The van der Waals surface area contributed by atoms with Crippen LogP contribution in [0, 0.1) is 0 Å². The lowest BCUT2D eigenvalue weighted by molar-refractivity contribution is -0.873. The second-order valence-corrected chi connectivity index (χ2v) is 6.19. The van der Waals surface area contributed by atoms with E-state index in [1.165, 1.54) is 6.42 Å². The molecule has 0 fully saturated rings. The van der Waals surface area contributed by atoms with Gasteiger partial charge in [-0.15, -0.1) is 5.10 Å². The number of likely N-dealkylation sites (N-methyl/N-ethyl adjacent to an activating group) is 1. The van der Waals surface area contributed by atoms with Crippen molar-refractivity contribution >= 4 is 5.82 Å². The zero-order valence-electron chi connectivity index (χ0n) is 14.4. The number of aryl methyl sites for hydroxylation is 1. The molecule has 1 unspecified atom stereocenters. The third kappa shape index (κ3) is 10.1. The Morgan fingerprint density at radius 3 is 2.55 bits per heavy atom. The zero-order valence-corrected chi connectivity index (χ0v) is 14.4. The maximum atomic E-state index is 9.50. The summed E-state index contributed by atoms with van der Waals surface area (Å²) in [5, 5.41) is 20.2. The number of aromatic nitrogens is 2. The molecule has 1 aromatic rings. The molecule has 1 heterocycles. The van der Waals surface area contributed by atoms with E-state index in [0.29, 0.717) is 5.82 Å². The summed E-state index contributed by atoms with van der Waals surface area (Å²) >= 11 is 0. The van der Waals surface area contributed by atoms with Crippen molar-refractivity contribution in [2.45, 2.75) is 45.6 Å². The Morgan fingerprint density at radius 1 is 1.36 bits per heavy atom. The Labute approximate surface area is 133 Å². The zero-order chi connectivity index (χ0) is 17.0. The molecule has 7 nitrogen and oxygen atoms in total. The number of aliphatic hydroxyl groups is 1. The summed E-state index contributed by atoms with van der Waals surface area (Å²) in [5.41, 5.74) is 9.04. The van der Waals surface area contributed by atoms with Crippen LogP contribution in [-0.2, 0) is 6.42 Å². The van der Waals surface area contributed by atoms with Gasteiger partial charge in [-0.2, -0.15) is 5.10 Å². The summed E-state index contributed by atoms with van der Waals surface area (Å²) in [6.07, 6.45) is 5.52. The summed E-state index contributed by atoms with van der Waals surface area (Å²) in [5.74, 6) is 0.373. The van der Waals surface area contributed by atoms with Crippen LogP contribution in [-0.4, -0.2) is 53.6 Å². The molecule has 0 aliphatic rings. The summed E-state index contributed by atoms with van der Waals surface area (Å²) < 4.78 is 0.852. The number of quaternary nitrogens is 1. The van der Waals surface area contributed by atoms with Crippen molar-refractivity contribution in [1.82, 2.24) is 10.2 Å². The molecule has 22 heavy (non-hydrogen) atoms. The maximum Gasteiger partial charge on any atom is 0.152 e. The predicted molar refractivity (Wildman–Crippen MR) is 88.6 cm³/mol. The molecule has 7 heteroatoms. The first-order valence-electron chi connectivity index (χ1n) is 7.68. The van der Waals surface area contributed by atoms with Gasteiger partial charge < -0.3 is 9.59 Å². The first-order chi connectivity index (χ1) is 10.3. The van der Waals surface area contributed by atoms with Crippen molar-refractivity contribution in [2.24, 2.45) is 5.11 Å². The van der Waals surface area contributed by atoms with Crippen LogP contribution in [0.25, 0.3) is 10.4 Å². The van der Waals surface area contributed by atoms with Crippen LogP contribution in [0.3, 0.4) is 0 Å². The molecule has 0 aromatic carbocycles. The van der Waals surface area contributed by atoms with Crippen LogP contribution in [0.5, 0.6) is 0 Å². The van der Waals surface area contributed by atoms with Gasteiger partial charge in [0.25, 0.3) is 0 Å². The molecule has 0 bridgehead atoms. The second kappa shape index (κ2) is 11.0. The summed E-state index contributed by atoms with van der Waals surface area (Å²) in [6, 6.07) is 1.79. The van der Waals surface area contributed by atoms with Gasteiger partial charge in [0.1, 0.15) is 12.6 Å². The third-order valence-electron chi connectivity index (χ3n) is 2.95. The number of rotatable bonds is 7. The van der Waals surface area contributed by atoms with E-state index in [0.717, 1.165) is 35.9 Å². The van der Waals surface area contributed by atoms with Gasteiger partial charge in [-0.3, -0.25) is 0 Å². The highest BCUT2D eigenvalue weighted by molar-refractivity contribution is 5.35. The molecular weight excluding hydrogens is 280 g/mol. The van der Waals surface area contributed by atoms with E-state index in [9.17, 15) is 5.11 Å². The van der Waals surface area contributed by atoms with Crippen molar-refractivity contribution in [1.29, 1.82) is 0 Å². The molecule has 0 saturated carbocycles. The number of nitrogens with zero attached hydrogens (tertiary/aromatic N) is 6. The van der Waals surface area contributed by atoms with E-state index in [1.54, 1.807) is 12.3 Å². The van der Waals surface area contributed by atoms with E-state index in [2.05, 4.69) is 48.3 Å². The van der Waals surface area contributed by atoms with Crippen LogP contribution < -0.4 is 0 Å². The Bertz CT molecular complexity index is 465. The van der Waals surface area contributed by atoms with Crippen LogP contribution in [0.4, 0.5) is 5.82 Å². The highest BCUT2D eigenvalue weighted by Gasteiger charge is 2.14. The van der Waals surface area contributed by atoms with Gasteiger partial charge in [-0.05, 0) is 35.1 Å². The molecule has 0 amide bonds. The Balaban J connectivity index is 0.000000401. The molecular formula is C15H29N6O+. The smallest absolute Gasteiger partial charge is 0.152 e. The van der Waals surface area contributed by atoms with Crippen LogP contribution >= 0.6 is 0 Å². The Hall–Kier alpha value is -1.69. The first-order valence-corrected chi connectivity index (χ1v) is 7.68. The monoisotopic (exact) mass is 309 g/mol. The van der Waals surface area contributed by atoms with Gasteiger partial charge >= 0.3 is 0 Å². The molecule has 0 spiro atoms. The molecule has 0 radical (unpaired) electrons. The lowest BCUT2D eigenvalue weighted by Crippen LogP contribution is -2.41. The van der Waals surface area contributed by atoms with E-state index >= 15 is 0 Å². The Morgan fingerprint density at radius 2 is 2.05 bits per heavy atom. The maximum absolute atomic E-state index is 9.50. The second-order valence-electron chi connectivity index (χ2n) is 6.19. The SMILES string of the molecule is CCCCC(O)C[N+](C)(C)C.CCc1ccnnc1N=[N+]=[N-]. The normalized spacial score (nSPS) is 11.9. The van der Waals surface area contributed by atoms with Gasteiger partial charge in [-0.1, -0.05) is 26.7 Å². The summed E-state index contributed by atoms with van der Waals surface area (Å²) in [6.45, 7) is 4.98. The topological polar surface area (TPSA) is 94.8 Å². The fraction of sp³-hybridized carbons (Fsp3) is 0.733. The first kappa shape index (κ1) is 20.3. The molecule has 0 aliphatic carbocycles. The van der Waals surface area contributed by atoms with Crippen molar-refractivity contribution < 1.29 is 9.59 Å². The van der Waals surface area contributed by atoms with E-state index in [1.807, 2.05) is 6.92 Å². The standard InChI is InChI=1S/C9H22NO.C6H7N5/c1-5-6-7-9(11)8-10(2,3)4;1-2-5-3-4-8-9-6(5)10-11-7/h9,11H,5-8H2,1-4H3;3-4H,2H2,1H3/q+1;. The molecule has 1 rings (SSSR count). The largest absolute Gasteiger partial charge is 0.387 e. The highest BCUT2D eigenvalue weighted by atomic mass is 16.3. The summed E-state index contributed by atoms with van der Waals surface area (Å²) in [4.78, 5) is 2.64. The minimum atomic E-state index is -0.116. The van der Waals surface area contributed by atoms with Crippen LogP contribution in [0.15, 0.2) is 17.4 Å². The van der Waals surface area contributed by atoms with Crippen molar-refractivity contribution in [3.8, 4) is 0 Å². The third-order valence-corrected chi connectivity index (χ3v) is 2.95. The molecule has 0 aliphatic heterocycles. The van der Waals surface area contributed by atoms with E-state index in [4.69, 9.17) is 5.53 Å². The van der Waals surface area contributed by atoms with Gasteiger partial charge in [0.05, 0.1) is 21.1 Å².